The maximum atomic E-state index is 12.0. The van der Waals surface area contributed by atoms with Crippen LogP contribution in [0.1, 0.15) is 10.4 Å². The molecule has 1 aromatic carbocycles. The number of carbonyl (C=O) groups excluding carboxylic acids is 1. The molecule has 1 heterocycles. The molecule has 9 heteroatoms. The smallest absolute Gasteiger partial charge is 0.262 e. The largest absolute Gasteiger partial charge is 0.322 e. The number of anilines is 1. The Morgan fingerprint density at radius 1 is 1.24 bits per heavy atom. The summed E-state index contributed by atoms with van der Waals surface area (Å²) in [6.07, 6.45) is 2.95. The zero-order valence-electron chi connectivity index (χ0n) is 10.2. The molecule has 2 aromatic rings. The van der Waals surface area contributed by atoms with E-state index in [9.17, 15) is 13.2 Å². The summed E-state index contributed by atoms with van der Waals surface area (Å²) in [5.74, 6) is -0.402. The van der Waals surface area contributed by atoms with Gasteiger partial charge in [0, 0.05) is 33.2 Å². The molecular weight excluding hydrogens is 403 g/mol. The van der Waals surface area contributed by atoms with E-state index >= 15 is 0 Å². The number of nitrogens with one attached hydrogen (secondary N) is 1. The van der Waals surface area contributed by atoms with Gasteiger partial charge in [-0.2, -0.15) is 0 Å². The minimum absolute atomic E-state index is 0.0739. The Morgan fingerprint density at radius 2 is 1.95 bits per heavy atom. The summed E-state index contributed by atoms with van der Waals surface area (Å²) in [5.41, 5.74) is 0.684. The molecule has 0 bridgehead atoms. The number of hydrogen-bond acceptors (Lipinski definition) is 4. The molecule has 0 saturated heterocycles. The number of carbonyl (C=O) groups is 1. The van der Waals surface area contributed by atoms with Gasteiger partial charge in [0.1, 0.15) is 4.90 Å². The fourth-order valence-electron chi connectivity index (χ4n) is 1.52. The van der Waals surface area contributed by atoms with Crippen molar-refractivity contribution in [3.63, 3.8) is 0 Å². The van der Waals surface area contributed by atoms with Crippen molar-refractivity contribution in [3.8, 4) is 0 Å². The standard InChI is InChI=1S/C12H7BrCl2N2O3S/c13-8-3-7(5-16-6-8)12(18)17-9-1-2-11(10(14)4-9)21(15,19)20/h1-6H,(H,17,18). The topological polar surface area (TPSA) is 76.1 Å². The average Bonchev–Trinajstić information content (AvgIpc) is 2.37. The molecule has 0 radical (unpaired) electrons. The van der Waals surface area contributed by atoms with E-state index in [1.165, 1.54) is 24.4 Å². The second kappa shape index (κ2) is 6.31. The van der Waals surface area contributed by atoms with Crippen LogP contribution in [0.2, 0.25) is 5.02 Å². The molecule has 2 rings (SSSR count). The number of nitrogens with zero attached hydrogens (tertiary/aromatic N) is 1. The van der Waals surface area contributed by atoms with Crippen LogP contribution in [0.3, 0.4) is 0 Å². The number of aromatic nitrogens is 1. The van der Waals surface area contributed by atoms with Crippen molar-refractivity contribution in [1.82, 2.24) is 4.98 Å². The van der Waals surface area contributed by atoms with Crippen LogP contribution in [0.4, 0.5) is 5.69 Å². The lowest BCUT2D eigenvalue weighted by Crippen LogP contribution is -2.12. The van der Waals surface area contributed by atoms with E-state index in [-0.39, 0.29) is 9.92 Å². The van der Waals surface area contributed by atoms with Gasteiger partial charge in [-0.15, -0.1) is 0 Å². The summed E-state index contributed by atoms with van der Waals surface area (Å²) in [5, 5.41) is 2.51. The first kappa shape index (κ1) is 16.2. The third-order valence-electron chi connectivity index (χ3n) is 2.42. The van der Waals surface area contributed by atoms with E-state index in [2.05, 4.69) is 26.2 Å². The minimum Gasteiger partial charge on any atom is -0.322 e. The van der Waals surface area contributed by atoms with Crippen molar-refractivity contribution < 1.29 is 13.2 Å². The normalized spacial score (nSPS) is 11.2. The van der Waals surface area contributed by atoms with Crippen LogP contribution >= 0.6 is 38.2 Å². The third kappa shape index (κ3) is 4.16. The summed E-state index contributed by atoms with van der Waals surface area (Å²) in [6, 6.07) is 5.52. The van der Waals surface area contributed by atoms with Crippen LogP contribution in [0.5, 0.6) is 0 Å². The van der Waals surface area contributed by atoms with Gasteiger partial charge < -0.3 is 5.32 Å². The number of pyridine rings is 1. The van der Waals surface area contributed by atoms with Crippen LogP contribution in [0.25, 0.3) is 0 Å². The number of rotatable bonds is 3. The Hall–Kier alpha value is -1.15. The molecule has 110 valence electrons. The van der Waals surface area contributed by atoms with Gasteiger partial charge in [0.15, 0.2) is 0 Å². The van der Waals surface area contributed by atoms with Gasteiger partial charge >= 0.3 is 0 Å². The first-order valence-corrected chi connectivity index (χ1v) is 8.91. The summed E-state index contributed by atoms with van der Waals surface area (Å²) < 4.78 is 23.1. The van der Waals surface area contributed by atoms with Crippen LogP contribution < -0.4 is 5.32 Å². The Morgan fingerprint density at radius 3 is 2.52 bits per heavy atom. The second-order valence-electron chi connectivity index (χ2n) is 3.93. The van der Waals surface area contributed by atoms with Crippen molar-refractivity contribution >= 4 is 58.9 Å². The summed E-state index contributed by atoms with van der Waals surface area (Å²) >= 11 is 9.05. The van der Waals surface area contributed by atoms with E-state index in [0.717, 1.165) is 0 Å². The van der Waals surface area contributed by atoms with Gasteiger partial charge in [0.05, 0.1) is 10.6 Å². The van der Waals surface area contributed by atoms with Crippen molar-refractivity contribution in [2.75, 3.05) is 5.32 Å². The Balaban J connectivity index is 2.25. The Labute approximate surface area is 138 Å². The molecule has 5 nitrogen and oxygen atoms in total. The molecule has 0 aliphatic rings. The highest BCUT2D eigenvalue weighted by Crippen LogP contribution is 2.27. The molecule has 0 spiro atoms. The molecule has 0 aliphatic heterocycles. The van der Waals surface area contributed by atoms with Crippen LogP contribution in [-0.2, 0) is 9.05 Å². The van der Waals surface area contributed by atoms with E-state index in [1.807, 2.05) is 0 Å². The highest BCUT2D eigenvalue weighted by molar-refractivity contribution is 9.10. The molecule has 1 amide bonds. The molecule has 1 aromatic heterocycles. The second-order valence-corrected chi connectivity index (χ2v) is 7.79. The predicted molar refractivity (Wildman–Crippen MR) is 84.4 cm³/mol. The van der Waals surface area contributed by atoms with E-state index in [4.69, 9.17) is 22.3 Å². The first-order chi connectivity index (χ1) is 9.77. The van der Waals surface area contributed by atoms with Gasteiger partial charge in [0.25, 0.3) is 15.0 Å². The average molecular weight is 410 g/mol. The molecule has 0 atom stereocenters. The molecular formula is C12H7BrCl2N2O3S. The van der Waals surface area contributed by atoms with Gasteiger partial charge in [-0.05, 0) is 40.2 Å². The van der Waals surface area contributed by atoms with Crippen LogP contribution in [0, 0.1) is 0 Å². The highest BCUT2D eigenvalue weighted by Gasteiger charge is 2.16. The lowest BCUT2D eigenvalue weighted by atomic mass is 10.2. The quantitative estimate of drug-likeness (QED) is 0.784. The summed E-state index contributed by atoms with van der Waals surface area (Å²) in [6.45, 7) is 0. The highest BCUT2D eigenvalue weighted by atomic mass is 79.9. The van der Waals surface area contributed by atoms with Crippen LogP contribution in [-0.4, -0.2) is 19.3 Å². The minimum atomic E-state index is -3.93. The molecule has 21 heavy (non-hydrogen) atoms. The van der Waals surface area contributed by atoms with Gasteiger partial charge in [-0.3, -0.25) is 9.78 Å². The van der Waals surface area contributed by atoms with Crippen molar-refractivity contribution in [1.29, 1.82) is 0 Å². The summed E-state index contributed by atoms with van der Waals surface area (Å²) in [7, 11) is 1.30. The number of benzene rings is 1. The molecule has 0 unspecified atom stereocenters. The zero-order valence-corrected chi connectivity index (χ0v) is 14.1. The monoisotopic (exact) mass is 408 g/mol. The molecule has 0 fully saturated rings. The molecule has 0 aliphatic carbocycles. The van der Waals surface area contributed by atoms with Crippen LogP contribution in [0.15, 0.2) is 46.0 Å². The van der Waals surface area contributed by atoms with Crippen molar-refractivity contribution in [2.45, 2.75) is 4.90 Å². The fraction of sp³-hybridized carbons (Fsp3) is 0. The predicted octanol–water partition coefficient (Wildman–Crippen LogP) is 3.68. The number of hydrogen-bond donors (Lipinski definition) is 1. The lowest BCUT2D eigenvalue weighted by Gasteiger charge is -2.07. The molecule has 0 saturated carbocycles. The van der Waals surface area contributed by atoms with Crippen molar-refractivity contribution in [3.05, 3.63) is 51.7 Å². The Bertz CT molecular complexity index is 812. The fourth-order valence-corrected chi connectivity index (χ4v) is 3.41. The zero-order chi connectivity index (χ0) is 15.6. The third-order valence-corrected chi connectivity index (χ3v) is 4.66. The van der Waals surface area contributed by atoms with Gasteiger partial charge in [0.2, 0.25) is 0 Å². The van der Waals surface area contributed by atoms with Gasteiger partial charge in [-0.25, -0.2) is 8.42 Å². The van der Waals surface area contributed by atoms with E-state index in [0.29, 0.717) is 15.7 Å². The van der Waals surface area contributed by atoms with Gasteiger partial charge in [-0.1, -0.05) is 11.6 Å². The number of halogens is 3. The maximum absolute atomic E-state index is 12.0. The van der Waals surface area contributed by atoms with E-state index in [1.54, 1.807) is 12.3 Å². The lowest BCUT2D eigenvalue weighted by molar-refractivity contribution is 0.102. The first-order valence-electron chi connectivity index (χ1n) is 5.43. The maximum Gasteiger partial charge on any atom is 0.262 e. The summed E-state index contributed by atoms with van der Waals surface area (Å²) in [4.78, 5) is 15.7. The SMILES string of the molecule is O=C(Nc1ccc(S(=O)(=O)Cl)c(Cl)c1)c1cncc(Br)c1. The Kier molecular flexibility index (Phi) is 4.88. The van der Waals surface area contributed by atoms with Crippen molar-refractivity contribution in [2.24, 2.45) is 0 Å². The molecule has 1 N–H and O–H groups in total. The number of amides is 1. The van der Waals surface area contributed by atoms with E-state index < -0.39 is 15.0 Å².